The highest BCUT2D eigenvalue weighted by Gasteiger charge is 2.14. The van der Waals surface area contributed by atoms with E-state index in [9.17, 15) is 9.59 Å². The van der Waals surface area contributed by atoms with Crippen LogP contribution in [0.2, 0.25) is 0 Å². The molecule has 0 fully saturated rings. The minimum atomic E-state index is -0.386. The van der Waals surface area contributed by atoms with Crippen molar-refractivity contribution in [3.05, 3.63) is 83.2 Å². The van der Waals surface area contributed by atoms with Crippen LogP contribution in [0.15, 0.2) is 60.8 Å². The van der Waals surface area contributed by atoms with E-state index in [0.29, 0.717) is 24.8 Å². The average molecular weight is 389 g/mol. The van der Waals surface area contributed by atoms with Gasteiger partial charge in [0, 0.05) is 30.3 Å². The summed E-state index contributed by atoms with van der Waals surface area (Å²) in [6.45, 7) is 2.17. The molecule has 4 heteroatoms. The molecule has 0 spiro atoms. The van der Waals surface area contributed by atoms with Gasteiger partial charge >= 0.3 is 5.97 Å². The van der Waals surface area contributed by atoms with Crippen molar-refractivity contribution in [1.29, 1.82) is 0 Å². The lowest BCUT2D eigenvalue weighted by Gasteiger charge is -2.07. The number of hydrogen-bond donors (Lipinski definition) is 1. The number of methoxy groups -OCH3 is 1. The van der Waals surface area contributed by atoms with Gasteiger partial charge in [-0.15, -0.1) is 0 Å². The summed E-state index contributed by atoms with van der Waals surface area (Å²) in [7, 11) is 1.36. The fourth-order valence-electron chi connectivity index (χ4n) is 3.64. The smallest absolute Gasteiger partial charge is 0.337 e. The predicted octanol–water partition coefficient (Wildman–Crippen LogP) is 5.17. The van der Waals surface area contributed by atoms with Crippen molar-refractivity contribution in [2.45, 2.75) is 39.0 Å². The Bertz CT molecular complexity index is 973. The zero-order chi connectivity index (χ0) is 20.6. The van der Waals surface area contributed by atoms with E-state index in [1.54, 1.807) is 18.2 Å². The standard InChI is InChI=1S/C25H27NO3/c1-3-8-22-23(19-10-5-4-6-11-19)17-26-24(22)14-13-21(27)16-18-9-7-12-20(15-18)25(28)29-2/h4-7,9-12,15,17,26H,3,8,13-14,16H2,1-2H3. The van der Waals surface area contributed by atoms with Gasteiger partial charge < -0.3 is 9.72 Å². The third-order valence-electron chi connectivity index (χ3n) is 5.07. The van der Waals surface area contributed by atoms with Crippen molar-refractivity contribution in [2.24, 2.45) is 0 Å². The first-order chi connectivity index (χ1) is 14.1. The first kappa shape index (κ1) is 20.6. The van der Waals surface area contributed by atoms with Crippen LogP contribution in [0.4, 0.5) is 0 Å². The Kier molecular flexibility index (Phi) is 7.01. The molecular formula is C25H27NO3. The Labute approximate surface area is 171 Å². The average Bonchev–Trinajstić information content (AvgIpc) is 3.15. The van der Waals surface area contributed by atoms with Crippen molar-refractivity contribution < 1.29 is 14.3 Å². The zero-order valence-corrected chi connectivity index (χ0v) is 17.0. The molecular weight excluding hydrogens is 362 g/mol. The van der Waals surface area contributed by atoms with Gasteiger partial charge in [-0.2, -0.15) is 0 Å². The molecule has 0 amide bonds. The van der Waals surface area contributed by atoms with E-state index >= 15 is 0 Å². The molecule has 4 nitrogen and oxygen atoms in total. The number of nitrogens with one attached hydrogen (secondary N) is 1. The molecule has 0 atom stereocenters. The van der Waals surface area contributed by atoms with Gasteiger partial charge in [-0.25, -0.2) is 4.79 Å². The lowest BCUT2D eigenvalue weighted by Crippen LogP contribution is -2.07. The van der Waals surface area contributed by atoms with E-state index in [0.717, 1.165) is 24.1 Å². The lowest BCUT2D eigenvalue weighted by atomic mass is 9.97. The van der Waals surface area contributed by atoms with Crippen molar-refractivity contribution in [3.63, 3.8) is 0 Å². The van der Waals surface area contributed by atoms with Crippen LogP contribution in [0, 0.1) is 0 Å². The number of aryl methyl sites for hydroxylation is 1. The summed E-state index contributed by atoms with van der Waals surface area (Å²) < 4.78 is 4.75. The number of ketones is 1. The Morgan fingerprint density at radius 3 is 2.52 bits per heavy atom. The molecule has 29 heavy (non-hydrogen) atoms. The van der Waals surface area contributed by atoms with E-state index < -0.39 is 0 Å². The molecule has 0 saturated carbocycles. The number of Topliss-reactive ketones (excluding diaryl/α,β-unsaturated/α-hetero) is 1. The Hall–Kier alpha value is -3.14. The Balaban J connectivity index is 1.67. The SMILES string of the molecule is CCCc1c(-c2ccccc2)c[nH]c1CCC(=O)Cc1cccc(C(=O)OC)c1. The van der Waals surface area contributed by atoms with Gasteiger partial charge in [0.2, 0.25) is 0 Å². The molecule has 0 aliphatic carbocycles. The minimum Gasteiger partial charge on any atom is -0.465 e. The van der Waals surface area contributed by atoms with Gasteiger partial charge in [0.1, 0.15) is 5.78 Å². The summed E-state index contributed by atoms with van der Waals surface area (Å²) in [5.74, 6) is -0.228. The van der Waals surface area contributed by atoms with E-state index in [1.807, 2.05) is 24.3 Å². The third kappa shape index (κ3) is 5.23. The number of rotatable bonds is 9. The second kappa shape index (κ2) is 9.87. The van der Waals surface area contributed by atoms with Gasteiger partial charge in [0.15, 0.2) is 0 Å². The normalized spacial score (nSPS) is 10.7. The second-order valence-corrected chi connectivity index (χ2v) is 7.18. The van der Waals surface area contributed by atoms with Crippen LogP contribution in [0.25, 0.3) is 11.1 Å². The molecule has 0 saturated heterocycles. The van der Waals surface area contributed by atoms with Crippen LogP contribution in [0.5, 0.6) is 0 Å². The van der Waals surface area contributed by atoms with Gasteiger partial charge in [-0.1, -0.05) is 55.8 Å². The summed E-state index contributed by atoms with van der Waals surface area (Å²) >= 11 is 0. The molecule has 0 bridgehead atoms. The number of carbonyl (C=O) groups is 2. The van der Waals surface area contributed by atoms with Gasteiger partial charge in [0.05, 0.1) is 12.7 Å². The molecule has 0 radical (unpaired) electrons. The predicted molar refractivity (Wildman–Crippen MR) is 115 cm³/mol. The van der Waals surface area contributed by atoms with Crippen LogP contribution in [-0.2, 0) is 28.8 Å². The first-order valence-electron chi connectivity index (χ1n) is 10.1. The van der Waals surface area contributed by atoms with Crippen molar-refractivity contribution in [3.8, 4) is 11.1 Å². The van der Waals surface area contributed by atoms with Crippen LogP contribution < -0.4 is 0 Å². The van der Waals surface area contributed by atoms with E-state index in [2.05, 4.69) is 30.2 Å². The van der Waals surface area contributed by atoms with Gasteiger partial charge in [-0.3, -0.25) is 4.79 Å². The quantitative estimate of drug-likeness (QED) is 0.514. The summed E-state index contributed by atoms with van der Waals surface area (Å²) in [4.78, 5) is 27.6. The van der Waals surface area contributed by atoms with Crippen LogP contribution in [0.1, 0.15) is 46.9 Å². The third-order valence-corrected chi connectivity index (χ3v) is 5.07. The highest BCUT2D eigenvalue weighted by Crippen LogP contribution is 2.28. The van der Waals surface area contributed by atoms with Crippen molar-refractivity contribution in [1.82, 2.24) is 4.98 Å². The molecule has 2 aromatic carbocycles. The summed E-state index contributed by atoms with van der Waals surface area (Å²) in [6.07, 6.45) is 5.57. The number of ether oxygens (including phenoxy) is 1. The van der Waals surface area contributed by atoms with Crippen molar-refractivity contribution in [2.75, 3.05) is 7.11 Å². The maximum absolute atomic E-state index is 12.6. The Morgan fingerprint density at radius 1 is 1.00 bits per heavy atom. The van der Waals surface area contributed by atoms with E-state index in [4.69, 9.17) is 4.74 Å². The highest BCUT2D eigenvalue weighted by atomic mass is 16.5. The molecule has 3 rings (SSSR count). The number of hydrogen-bond acceptors (Lipinski definition) is 3. The fourth-order valence-corrected chi connectivity index (χ4v) is 3.64. The molecule has 1 heterocycles. The summed E-state index contributed by atoms with van der Waals surface area (Å²) in [5.41, 5.74) is 6.18. The number of carbonyl (C=O) groups excluding carboxylic acids is 2. The van der Waals surface area contributed by atoms with Crippen LogP contribution in [0.3, 0.4) is 0 Å². The monoisotopic (exact) mass is 389 g/mol. The maximum atomic E-state index is 12.6. The van der Waals surface area contributed by atoms with Crippen LogP contribution >= 0.6 is 0 Å². The Morgan fingerprint density at radius 2 is 1.79 bits per heavy atom. The molecule has 0 aliphatic rings. The second-order valence-electron chi connectivity index (χ2n) is 7.18. The summed E-state index contributed by atoms with van der Waals surface area (Å²) in [5, 5.41) is 0. The molecule has 3 aromatic rings. The van der Waals surface area contributed by atoms with Gasteiger partial charge in [0.25, 0.3) is 0 Å². The van der Waals surface area contributed by atoms with Gasteiger partial charge in [-0.05, 0) is 41.7 Å². The van der Waals surface area contributed by atoms with E-state index in [1.165, 1.54) is 23.8 Å². The van der Waals surface area contributed by atoms with E-state index in [-0.39, 0.29) is 11.8 Å². The molecule has 1 aromatic heterocycles. The molecule has 0 aliphatic heterocycles. The van der Waals surface area contributed by atoms with Crippen molar-refractivity contribution >= 4 is 11.8 Å². The number of aromatic amines is 1. The lowest BCUT2D eigenvalue weighted by molar-refractivity contribution is -0.118. The van der Waals surface area contributed by atoms with Crippen LogP contribution in [-0.4, -0.2) is 23.8 Å². The number of benzene rings is 2. The fraction of sp³-hybridized carbons (Fsp3) is 0.280. The number of H-pyrrole nitrogens is 1. The maximum Gasteiger partial charge on any atom is 0.337 e. The topological polar surface area (TPSA) is 59.2 Å². The molecule has 150 valence electrons. The number of aromatic nitrogens is 1. The first-order valence-corrected chi connectivity index (χ1v) is 10.1. The molecule has 0 unspecified atom stereocenters. The minimum absolute atomic E-state index is 0.158. The largest absolute Gasteiger partial charge is 0.465 e. The molecule has 1 N–H and O–H groups in total. The summed E-state index contributed by atoms with van der Waals surface area (Å²) in [6, 6.07) is 17.4. The zero-order valence-electron chi connectivity index (χ0n) is 17.0. The number of esters is 1. The highest BCUT2D eigenvalue weighted by molar-refractivity contribution is 5.90.